The Hall–Kier alpha value is -1.50. The van der Waals surface area contributed by atoms with Crippen molar-refractivity contribution in [1.29, 1.82) is 0 Å². The van der Waals surface area contributed by atoms with Crippen LogP contribution in [-0.2, 0) is 31.4 Å². The van der Waals surface area contributed by atoms with E-state index in [1.165, 1.54) is 31.5 Å². The van der Waals surface area contributed by atoms with Gasteiger partial charge in [-0.25, -0.2) is 9.18 Å². The van der Waals surface area contributed by atoms with Crippen LogP contribution in [0.5, 0.6) is 5.75 Å². The first-order valence-corrected chi connectivity index (χ1v) is 6.67. The van der Waals surface area contributed by atoms with Crippen LogP contribution in [0.2, 0.25) is 0 Å². The Morgan fingerprint density at radius 3 is 2.82 bits per heavy atom. The van der Waals surface area contributed by atoms with Crippen molar-refractivity contribution in [2.45, 2.75) is 6.61 Å². The van der Waals surface area contributed by atoms with Gasteiger partial charge in [0.15, 0.2) is 0 Å². The molecule has 0 atom stereocenters. The van der Waals surface area contributed by atoms with Gasteiger partial charge in [-0.2, -0.15) is 0 Å². The number of pyridine rings is 1. The largest absolute Gasteiger partial charge is 0.489 e. The average Bonchev–Trinajstić information content (AvgIpc) is 2.47. The van der Waals surface area contributed by atoms with Gasteiger partial charge in [0.25, 0.3) is 0 Å². The number of nitrogens with one attached hydrogen (secondary N) is 1. The van der Waals surface area contributed by atoms with Gasteiger partial charge in [0.2, 0.25) is 0 Å². The molecule has 0 aliphatic heterocycles. The van der Waals surface area contributed by atoms with E-state index in [2.05, 4.69) is 25.7 Å². The molecule has 5 nitrogen and oxygen atoms in total. The van der Waals surface area contributed by atoms with Crippen LogP contribution in [0.4, 0.5) is 10.2 Å². The molecule has 0 saturated heterocycles. The average molecular weight is 546 g/mol. The fourth-order valence-corrected chi connectivity index (χ4v) is 1.99. The second kappa shape index (κ2) is 8.22. The summed E-state index contributed by atoms with van der Waals surface area (Å²) in [4.78, 5) is 15.4. The Kier molecular flexibility index (Phi) is 6.93. The van der Waals surface area contributed by atoms with Crippen LogP contribution in [0.3, 0.4) is 0 Å². The van der Waals surface area contributed by atoms with Crippen molar-refractivity contribution in [1.82, 2.24) is 4.98 Å². The number of rotatable bonds is 4. The number of carbonyl (C=O) groups excluding carboxylic acids is 1. The predicted octanol–water partition coefficient (Wildman–Crippen LogP) is 4.03. The zero-order chi connectivity index (χ0) is 15.4. The molecule has 0 spiro atoms. The Bertz CT molecular complexity index is 685. The van der Waals surface area contributed by atoms with E-state index in [-0.39, 0.29) is 43.8 Å². The van der Waals surface area contributed by atoms with E-state index < -0.39 is 11.8 Å². The molecule has 0 aliphatic rings. The Morgan fingerprint density at radius 1 is 1.41 bits per heavy atom. The molecule has 0 fully saturated rings. The van der Waals surface area contributed by atoms with E-state index in [0.717, 1.165) is 0 Å². The number of hydrogen-bond acceptors (Lipinski definition) is 4. The topological polar surface area (TPSA) is 72.2 Å². The van der Waals surface area contributed by atoms with Gasteiger partial charge < -0.3 is 20.2 Å². The molecule has 8 heteroatoms. The molecule has 1 heterocycles. The van der Waals surface area contributed by atoms with Crippen LogP contribution in [0, 0.1) is 5.82 Å². The third-order valence-electron chi connectivity index (χ3n) is 2.68. The molecular formula is C14H11BrFIrN2O3-. The van der Waals surface area contributed by atoms with Crippen LogP contribution in [0.1, 0.15) is 15.9 Å². The number of hydrogen-bond donors (Lipinski definition) is 0. The maximum atomic E-state index is 13.3. The maximum Gasteiger partial charge on any atom is 0.338 e. The van der Waals surface area contributed by atoms with Crippen molar-refractivity contribution in [2.24, 2.45) is 0 Å². The quantitative estimate of drug-likeness (QED) is 0.544. The van der Waals surface area contributed by atoms with Crippen LogP contribution in [0.15, 0.2) is 34.9 Å². The SMILES string of the molecule is COC(=O)c1ccc(F)cc1COc1cc(Br)cnc1[NH-].[Ir]. The van der Waals surface area contributed by atoms with Crippen molar-refractivity contribution < 1.29 is 38.8 Å². The summed E-state index contributed by atoms with van der Waals surface area (Å²) in [5, 5.41) is 0. The van der Waals surface area contributed by atoms with Gasteiger partial charge in [0.05, 0.1) is 12.7 Å². The molecule has 0 amide bonds. The third kappa shape index (κ3) is 4.50. The smallest absolute Gasteiger partial charge is 0.338 e. The van der Waals surface area contributed by atoms with E-state index >= 15 is 0 Å². The van der Waals surface area contributed by atoms with Gasteiger partial charge in [0.1, 0.15) is 18.2 Å². The monoisotopic (exact) mass is 546 g/mol. The van der Waals surface area contributed by atoms with E-state index in [9.17, 15) is 9.18 Å². The molecule has 1 radical (unpaired) electrons. The molecule has 119 valence electrons. The number of carbonyl (C=O) groups is 1. The van der Waals surface area contributed by atoms with Crippen molar-refractivity contribution in [3.63, 3.8) is 0 Å². The number of ether oxygens (including phenoxy) is 2. The van der Waals surface area contributed by atoms with Crippen molar-refractivity contribution in [2.75, 3.05) is 7.11 Å². The van der Waals surface area contributed by atoms with Gasteiger partial charge in [0, 0.05) is 30.1 Å². The van der Waals surface area contributed by atoms with E-state index in [1.807, 2.05) is 0 Å². The first kappa shape index (κ1) is 18.5. The fraction of sp³-hybridized carbons (Fsp3) is 0.143. The molecule has 0 unspecified atom stereocenters. The zero-order valence-electron chi connectivity index (χ0n) is 11.4. The maximum absolute atomic E-state index is 13.3. The van der Waals surface area contributed by atoms with E-state index in [4.69, 9.17) is 10.5 Å². The minimum absolute atomic E-state index is 0. The Morgan fingerprint density at radius 2 is 2.14 bits per heavy atom. The summed E-state index contributed by atoms with van der Waals surface area (Å²) in [6.07, 6.45) is 1.47. The molecule has 1 N–H and O–H groups in total. The Balaban J connectivity index is 0.00000242. The van der Waals surface area contributed by atoms with Crippen molar-refractivity contribution >= 4 is 27.7 Å². The van der Waals surface area contributed by atoms with Gasteiger partial charge >= 0.3 is 5.97 Å². The number of halogens is 2. The summed E-state index contributed by atoms with van der Waals surface area (Å²) in [6, 6.07) is 5.28. The number of esters is 1. The molecule has 2 rings (SSSR count). The van der Waals surface area contributed by atoms with Crippen LogP contribution in [0.25, 0.3) is 5.73 Å². The van der Waals surface area contributed by atoms with E-state index in [1.54, 1.807) is 6.07 Å². The fourth-order valence-electron chi connectivity index (χ4n) is 1.68. The van der Waals surface area contributed by atoms with Crippen LogP contribution in [-0.4, -0.2) is 18.1 Å². The summed E-state index contributed by atoms with van der Waals surface area (Å²) in [5.74, 6) is -0.884. The molecule has 0 bridgehead atoms. The minimum Gasteiger partial charge on any atom is -0.489 e. The zero-order valence-corrected chi connectivity index (χ0v) is 15.3. The molecule has 0 saturated carbocycles. The predicted molar refractivity (Wildman–Crippen MR) is 78.0 cm³/mol. The second-order valence-electron chi connectivity index (χ2n) is 4.08. The van der Waals surface area contributed by atoms with Crippen LogP contribution >= 0.6 is 15.9 Å². The van der Waals surface area contributed by atoms with Gasteiger partial charge in [-0.15, -0.1) is 0 Å². The van der Waals surface area contributed by atoms with Crippen molar-refractivity contribution in [3.05, 3.63) is 57.6 Å². The minimum atomic E-state index is -0.577. The van der Waals surface area contributed by atoms with Crippen molar-refractivity contribution in [3.8, 4) is 5.75 Å². The summed E-state index contributed by atoms with van der Waals surface area (Å²) in [5.41, 5.74) is 8.18. The van der Waals surface area contributed by atoms with E-state index in [0.29, 0.717) is 10.0 Å². The molecule has 0 aliphatic carbocycles. The summed E-state index contributed by atoms with van der Waals surface area (Å²) < 4.78 is 24.1. The first-order chi connectivity index (χ1) is 10.0. The molecule has 2 aromatic rings. The van der Waals surface area contributed by atoms with Crippen LogP contribution < -0.4 is 4.74 Å². The normalized spacial score (nSPS) is 9.77. The van der Waals surface area contributed by atoms with Gasteiger partial charge in [-0.1, -0.05) is 22.1 Å². The molecule has 22 heavy (non-hydrogen) atoms. The van der Waals surface area contributed by atoms with Gasteiger partial charge in [-0.3, -0.25) is 0 Å². The number of nitrogens with zero attached hydrogens (tertiary/aromatic N) is 1. The van der Waals surface area contributed by atoms with Gasteiger partial charge in [-0.05, 0) is 30.1 Å². The summed E-state index contributed by atoms with van der Waals surface area (Å²) in [7, 11) is 1.25. The summed E-state index contributed by atoms with van der Waals surface area (Å²) in [6.45, 7) is -0.0772. The molecule has 1 aromatic heterocycles. The third-order valence-corrected chi connectivity index (χ3v) is 3.11. The number of aromatic nitrogens is 1. The molecule has 1 aromatic carbocycles. The molecular weight excluding hydrogens is 535 g/mol. The number of benzene rings is 1. The summed E-state index contributed by atoms with van der Waals surface area (Å²) >= 11 is 3.22. The standard InChI is InChI=1S/C14H11BrFN2O3.Ir/c1-20-14(19)11-3-2-10(16)4-8(11)7-21-12-5-9(15)6-18-13(12)17;/h2-6H,7H2,1H3,(H-,17,18);/q-1;. The Labute approximate surface area is 148 Å². The number of methoxy groups -OCH3 is 1. The first-order valence-electron chi connectivity index (χ1n) is 5.88. The second-order valence-corrected chi connectivity index (χ2v) is 5.00.